The topological polar surface area (TPSA) is 44.8 Å². The zero-order chi connectivity index (χ0) is 16.0. The Morgan fingerprint density at radius 2 is 1.57 bits per heavy atom. The van der Waals surface area contributed by atoms with Gasteiger partial charge in [-0.1, -0.05) is 12.8 Å². The van der Waals surface area contributed by atoms with Crippen LogP contribution in [-0.2, 0) is 18.7 Å². The van der Waals surface area contributed by atoms with Gasteiger partial charge in [-0.15, -0.1) is 0 Å². The van der Waals surface area contributed by atoms with Gasteiger partial charge in [-0.3, -0.25) is 0 Å². The van der Waals surface area contributed by atoms with Crippen molar-refractivity contribution in [3.8, 4) is 0 Å². The largest absolute Gasteiger partial charge is 0.492 e. The van der Waals surface area contributed by atoms with Gasteiger partial charge in [-0.05, 0) is 52.8 Å². The smallest absolute Gasteiger partial charge is 0.336 e. The SMILES string of the molecule is COC(=O)/C(C)=C(/C)O[C@H]1CCCCC[C@@H]1O[Si](C)(C)C. The Hall–Kier alpha value is -0.813. The van der Waals surface area contributed by atoms with Gasteiger partial charge in [0.2, 0.25) is 0 Å². The van der Waals surface area contributed by atoms with Crippen LogP contribution in [0.2, 0.25) is 19.6 Å². The maximum Gasteiger partial charge on any atom is 0.336 e. The molecule has 1 aliphatic carbocycles. The average Bonchev–Trinajstić information content (AvgIpc) is 2.61. The highest BCUT2D eigenvalue weighted by molar-refractivity contribution is 6.69. The minimum atomic E-state index is -1.60. The Morgan fingerprint density at radius 1 is 1.00 bits per heavy atom. The van der Waals surface area contributed by atoms with Crippen molar-refractivity contribution in [3.63, 3.8) is 0 Å². The quantitative estimate of drug-likeness (QED) is 0.253. The fraction of sp³-hybridized carbons (Fsp3) is 0.812. The summed E-state index contributed by atoms with van der Waals surface area (Å²) in [7, 11) is -0.213. The van der Waals surface area contributed by atoms with E-state index in [1.165, 1.54) is 20.0 Å². The first kappa shape index (κ1) is 18.2. The Kier molecular flexibility index (Phi) is 6.94. The van der Waals surface area contributed by atoms with E-state index >= 15 is 0 Å². The molecule has 0 bridgehead atoms. The maximum absolute atomic E-state index is 11.6. The number of esters is 1. The second kappa shape index (κ2) is 7.99. The van der Waals surface area contributed by atoms with Crippen molar-refractivity contribution in [2.45, 2.75) is 77.8 Å². The Bertz CT molecular complexity index is 384. The molecule has 1 aliphatic rings. The number of methoxy groups -OCH3 is 1. The van der Waals surface area contributed by atoms with Crippen LogP contribution >= 0.6 is 0 Å². The molecule has 21 heavy (non-hydrogen) atoms. The third kappa shape index (κ3) is 6.22. The van der Waals surface area contributed by atoms with Crippen molar-refractivity contribution >= 4 is 14.3 Å². The monoisotopic (exact) mass is 314 g/mol. The average molecular weight is 314 g/mol. The Labute approximate surface area is 130 Å². The lowest BCUT2D eigenvalue weighted by atomic mass is 10.1. The number of carbonyl (C=O) groups is 1. The van der Waals surface area contributed by atoms with E-state index in [4.69, 9.17) is 13.9 Å². The lowest BCUT2D eigenvalue weighted by molar-refractivity contribution is -0.136. The van der Waals surface area contributed by atoms with Gasteiger partial charge >= 0.3 is 5.97 Å². The third-order valence-corrected chi connectivity index (χ3v) is 4.75. The van der Waals surface area contributed by atoms with Crippen molar-refractivity contribution < 1.29 is 18.7 Å². The van der Waals surface area contributed by atoms with Crippen LogP contribution in [0.15, 0.2) is 11.3 Å². The summed E-state index contributed by atoms with van der Waals surface area (Å²) in [4.78, 5) is 11.6. The fourth-order valence-corrected chi connectivity index (χ4v) is 3.75. The summed E-state index contributed by atoms with van der Waals surface area (Å²) < 4.78 is 17.2. The molecule has 0 saturated heterocycles. The number of allylic oxidation sites excluding steroid dienone is 1. The van der Waals surface area contributed by atoms with Crippen LogP contribution in [0.1, 0.15) is 46.0 Å². The molecule has 0 aromatic carbocycles. The lowest BCUT2D eigenvalue weighted by Crippen LogP contribution is -2.39. The first-order chi connectivity index (χ1) is 9.74. The second-order valence-electron chi connectivity index (χ2n) is 6.74. The standard InChI is InChI=1S/C16H30O4Si/c1-12(16(17)18-3)13(2)19-14-10-8-7-9-11-15(14)20-21(4,5)6/h14-15H,7-11H2,1-6H3/b13-12-/t14-,15-/m0/s1. The van der Waals surface area contributed by atoms with Gasteiger partial charge in [0.15, 0.2) is 8.32 Å². The van der Waals surface area contributed by atoms with E-state index in [1.807, 2.05) is 6.92 Å². The molecule has 1 saturated carbocycles. The molecule has 0 unspecified atom stereocenters. The molecule has 0 amide bonds. The van der Waals surface area contributed by atoms with Crippen LogP contribution in [0, 0.1) is 0 Å². The number of ether oxygens (including phenoxy) is 2. The highest BCUT2D eigenvalue weighted by Gasteiger charge is 2.31. The molecule has 0 N–H and O–H groups in total. The van der Waals surface area contributed by atoms with Gasteiger partial charge in [0.1, 0.15) is 11.9 Å². The number of carbonyl (C=O) groups excluding carboxylic acids is 1. The molecule has 1 rings (SSSR count). The van der Waals surface area contributed by atoms with Crippen molar-refractivity contribution in [1.82, 2.24) is 0 Å². The predicted octanol–water partition coefficient (Wildman–Crippen LogP) is 4.02. The molecule has 0 spiro atoms. The minimum absolute atomic E-state index is 0.0406. The van der Waals surface area contributed by atoms with Gasteiger partial charge in [-0.25, -0.2) is 4.79 Å². The summed E-state index contributed by atoms with van der Waals surface area (Å²) >= 11 is 0. The van der Waals surface area contributed by atoms with E-state index < -0.39 is 8.32 Å². The summed E-state index contributed by atoms with van der Waals surface area (Å²) in [5.74, 6) is 0.321. The van der Waals surface area contributed by atoms with Crippen molar-refractivity contribution in [3.05, 3.63) is 11.3 Å². The van der Waals surface area contributed by atoms with E-state index in [0.717, 1.165) is 19.3 Å². The summed E-state index contributed by atoms with van der Waals surface area (Å²) in [6.07, 6.45) is 5.78. The van der Waals surface area contributed by atoms with Gasteiger partial charge in [0.25, 0.3) is 0 Å². The van der Waals surface area contributed by atoms with Gasteiger partial charge < -0.3 is 13.9 Å². The molecule has 2 atom stereocenters. The zero-order valence-corrected chi connectivity index (χ0v) is 15.3. The van der Waals surface area contributed by atoms with Gasteiger partial charge in [0, 0.05) is 0 Å². The summed E-state index contributed by atoms with van der Waals surface area (Å²) in [5, 5.41) is 0. The minimum Gasteiger partial charge on any atom is -0.492 e. The Balaban J connectivity index is 2.82. The summed E-state index contributed by atoms with van der Waals surface area (Å²) in [6.45, 7) is 10.2. The summed E-state index contributed by atoms with van der Waals surface area (Å²) in [6, 6.07) is 0. The first-order valence-corrected chi connectivity index (χ1v) is 11.3. The molecule has 0 aromatic rings. The highest BCUT2D eigenvalue weighted by Crippen LogP contribution is 2.27. The van der Waals surface area contributed by atoms with E-state index in [1.54, 1.807) is 6.92 Å². The van der Waals surface area contributed by atoms with E-state index in [0.29, 0.717) is 11.3 Å². The molecular formula is C16H30O4Si. The number of rotatable bonds is 5. The highest BCUT2D eigenvalue weighted by atomic mass is 28.4. The van der Waals surface area contributed by atoms with Crippen molar-refractivity contribution in [2.24, 2.45) is 0 Å². The molecule has 0 aromatic heterocycles. The van der Waals surface area contributed by atoms with E-state index in [-0.39, 0.29) is 18.2 Å². The molecule has 5 heteroatoms. The fourth-order valence-electron chi connectivity index (χ4n) is 2.58. The van der Waals surface area contributed by atoms with Crippen LogP contribution in [0.5, 0.6) is 0 Å². The predicted molar refractivity (Wildman–Crippen MR) is 86.6 cm³/mol. The van der Waals surface area contributed by atoms with E-state index in [2.05, 4.69) is 19.6 Å². The molecule has 1 fully saturated rings. The van der Waals surface area contributed by atoms with Crippen LogP contribution in [0.3, 0.4) is 0 Å². The summed E-state index contributed by atoms with van der Waals surface area (Å²) in [5.41, 5.74) is 0.536. The molecular weight excluding hydrogens is 284 g/mol. The maximum atomic E-state index is 11.6. The van der Waals surface area contributed by atoms with Crippen LogP contribution in [0.4, 0.5) is 0 Å². The van der Waals surface area contributed by atoms with Gasteiger partial charge in [0.05, 0.1) is 18.8 Å². The number of hydrogen-bond donors (Lipinski definition) is 0. The Morgan fingerprint density at radius 3 is 2.10 bits per heavy atom. The molecule has 0 heterocycles. The number of hydrogen-bond acceptors (Lipinski definition) is 4. The molecule has 122 valence electrons. The normalized spacial score (nSPS) is 24.9. The first-order valence-electron chi connectivity index (χ1n) is 7.85. The molecule has 0 radical (unpaired) electrons. The van der Waals surface area contributed by atoms with Crippen LogP contribution in [0.25, 0.3) is 0 Å². The second-order valence-corrected chi connectivity index (χ2v) is 11.2. The lowest BCUT2D eigenvalue weighted by Gasteiger charge is -2.32. The van der Waals surface area contributed by atoms with Crippen molar-refractivity contribution in [2.75, 3.05) is 7.11 Å². The van der Waals surface area contributed by atoms with E-state index in [9.17, 15) is 4.79 Å². The van der Waals surface area contributed by atoms with Crippen molar-refractivity contribution in [1.29, 1.82) is 0 Å². The van der Waals surface area contributed by atoms with Crippen LogP contribution in [-0.4, -0.2) is 33.6 Å². The third-order valence-electron chi connectivity index (χ3n) is 3.74. The molecule has 4 nitrogen and oxygen atoms in total. The van der Waals surface area contributed by atoms with Gasteiger partial charge in [-0.2, -0.15) is 0 Å². The molecule has 0 aliphatic heterocycles. The van der Waals surface area contributed by atoms with Crippen LogP contribution < -0.4 is 0 Å². The zero-order valence-electron chi connectivity index (χ0n) is 14.3.